The molecule has 8 heteroatoms. The summed E-state index contributed by atoms with van der Waals surface area (Å²) in [5, 5.41) is 2.77. The van der Waals surface area contributed by atoms with E-state index < -0.39 is 17.4 Å². The van der Waals surface area contributed by atoms with Crippen molar-refractivity contribution in [1.29, 1.82) is 0 Å². The summed E-state index contributed by atoms with van der Waals surface area (Å²) in [4.78, 5) is 31.5. The van der Waals surface area contributed by atoms with Crippen LogP contribution in [0, 0.1) is 0 Å². The predicted octanol–water partition coefficient (Wildman–Crippen LogP) is 1.92. The molecule has 0 bridgehead atoms. The quantitative estimate of drug-likeness (QED) is 0.764. The lowest BCUT2D eigenvalue weighted by Crippen LogP contribution is -2.62. The third-order valence-electron chi connectivity index (χ3n) is 4.66. The molecule has 1 atom stereocenters. The summed E-state index contributed by atoms with van der Waals surface area (Å²) in [6, 6.07) is 8.68. The topological polar surface area (TPSA) is 90.0 Å². The zero-order chi connectivity index (χ0) is 20.3. The van der Waals surface area contributed by atoms with Crippen LogP contribution in [0.15, 0.2) is 36.5 Å². The highest BCUT2D eigenvalue weighted by Gasteiger charge is 2.50. The molecule has 0 radical (unpaired) electrons. The molecule has 2 aromatic rings. The highest BCUT2D eigenvalue weighted by molar-refractivity contribution is 6.16. The summed E-state index contributed by atoms with van der Waals surface area (Å²) in [7, 11) is 3.10. The number of ether oxygens (including phenoxy) is 3. The fourth-order valence-electron chi connectivity index (χ4n) is 3.06. The second-order valence-electron chi connectivity index (χ2n) is 6.37. The van der Waals surface area contributed by atoms with E-state index in [0.29, 0.717) is 29.6 Å². The number of aromatic nitrogens is 1. The van der Waals surface area contributed by atoms with E-state index in [1.54, 1.807) is 43.6 Å². The Morgan fingerprint density at radius 3 is 2.75 bits per heavy atom. The van der Waals surface area contributed by atoms with Gasteiger partial charge in [-0.15, -0.1) is 0 Å². The predicted molar refractivity (Wildman–Crippen MR) is 103 cm³/mol. The van der Waals surface area contributed by atoms with Crippen LogP contribution in [-0.4, -0.2) is 43.2 Å². The third-order valence-corrected chi connectivity index (χ3v) is 4.66. The first-order valence-corrected chi connectivity index (χ1v) is 8.89. The van der Waals surface area contributed by atoms with Gasteiger partial charge in [-0.2, -0.15) is 0 Å². The molecular weight excluding hydrogens is 362 g/mol. The van der Waals surface area contributed by atoms with Crippen LogP contribution in [0.1, 0.15) is 19.4 Å². The number of benzene rings is 1. The highest BCUT2D eigenvalue weighted by Crippen LogP contribution is 2.36. The lowest BCUT2D eigenvalue weighted by Gasteiger charge is -2.38. The molecule has 1 aliphatic heterocycles. The number of hydrogen-bond donors (Lipinski definition) is 1. The molecule has 1 aromatic carbocycles. The molecule has 0 saturated heterocycles. The smallest absolute Gasteiger partial charge is 0.282 e. The third kappa shape index (κ3) is 3.33. The Kier molecular flexibility index (Phi) is 5.39. The first-order valence-electron chi connectivity index (χ1n) is 8.89. The number of likely N-dealkylation sites (N-methyl/N-ethyl adjacent to an activating group) is 1. The first kappa shape index (κ1) is 19.5. The number of anilines is 1. The number of nitrogens with one attached hydrogen (secondary N) is 1. The van der Waals surface area contributed by atoms with Crippen LogP contribution < -0.4 is 24.4 Å². The van der Waals surface area contributed by atoms with Crippen LogP contribution in [-0.2, 0) is 16.1 Å². The van der Waals surface area contributed by atoms with Gasteiger partial charge in [-0.25, -0.2) is 4.98 Å². The van der Waals surface area contributed by atoms with E-state index in [0.717, 1.165) is 5.56 Å². The second kappa shape index (κ2) is 7.75. The van der Waals surface area contributed by atoms with Crippen molar-refractivity contribution < 1.29 is 23.8 Å². The fourth-order valence-corrected chi connectivity index (χ4v) is 3.06. The molecular formula is C20H23N3O5. The average Bonchev–Trinajstić information content (AvgIpc) is 2.72. The number of hydrogen-bond acceptors (Lipinski definition) is 6. The number of amides is 2. The summed E-state index contributed by atoms with van der Waals surface area (Å²) in [6.07, 6.45) is 1.58. The fraction of sp³-hybridized carbons (Fsp3) is 0.350. The summed E-state index contributed by atoms with van der Waals surface area (Å²) in [5.74, 6) is 1.03. The van der Waals surface area contributed by atoms with E-state index in [1.807, 2.05) is 6.92 Å². The van der Waals surface area contributed by atoms with Crippen molar-refractivity contribution in [2.75, 3.05) is 25.7 Å². The van der Waals surface area contributed by atoms with Crippen molar-refractivity contribution in [2.45, 2.75) is 26.0 Å². The first-order chi connectivity index (χ1) is 13.4. The maximum atomic E-state index is 13.0. The number of pyridine rings is 1. The largest absolute Gasteiger partial charge is 0.497 e. The average molecular weight is 385 g/mol. The summed E-state index contributed by atoms with van der Waals surface area (Å²) in [5.41, 5.74) is -0.941. The zero-order valence-corrected chi connectivity index (χ0v) is 16.3. The van der Waals surface area contributed by atoms with Crippen LogP contribution in [0.4, 0.5) is 5.82 Å². The maximum absolute atomic E-state index is 13.0. The minimum absolute atomic E-state index is 0.171. The van der Waals surface area contributed by atoms with Gasteiger partial charge < -0.3 is 19.5 Å². The molecule has 1 unspecified atom stereocenters. The van der Waals surface area contributed by atoms with Crippen molar-refractivity contribution in [3.8, 4) is 17.2 Å². The standard InChI is InChI=1S/C20H23N3O5/c1-5-23-17-15(7-6-10-21-17)28-20(2,19(23)25)18(24)22-12-13-8-9-14(26-3)11-16(13)27-4/h6-11H,5,12H2,1-4H3,(H,22,24). The van der Waals surface area contributed by atoms with Gasteiger partial charge in [0.05, 0.1) is 14.2 Å². The van der Waals surface area contributed by atoms with E-state index in [-0.39, 0.29) is 6.54 Å². The Morgan fingerprint density at radius 1 is 1.29 bits per heavy atom. The molecule has 1 N–H and O–H groups in total. The van der Waals surface area contributed by atoms with Gasteiger partial charge in [0, 0.05) is 30.9 Å². The van der Waals surface area contributed by atoms with Gasteiger partial charge in [0.15, 0.2) is 11.6 Å². The summed E-state index contributed by atoms with van der Waals surface area (Å²) < 4.78 is 16.3. The van der Waals surface area contributed by atoms with Crippen molar-refractivity contribution >= 4 is 17.6 Å². The maximum Gasteiger partial charge on any atom is 0.282 e. The lowest BCUT2D eigenvalue weighted by atomic mass is 10.0. The van der Waals surface area contributed by atoms with Crippen LogP contribution in [0.25, 0.3) is 0 Å². The van der Waals surface area contributed by atoms with Gasteiger partial charge >= 0.3 is 0 Å². The highest BCUT2D eigenvalue weighted by atomic mass is 16.5. The van der Waals surface area contributed by atoms with Gasteiger partial charge in [-0.3, -0.25) is 14.5 Å². The Hall–Kier alpha value is -3.29. The summed E-state index contributed by atoms with van der Waals surface area (Å²) in [6.45, 7) is 3.84. The molecule has 28 heavy (non-hydrogen) atoms. The van der Waals surface area contributed by atoms with Gasteiger partial charge in [-0.1, -0.05) is 0 Å². The number of nitrogens with zero attached hydrogens (tertiary/aromatic N) is 2. The van der Waals surface area contributed by atoms with Crippen molar-refractivity contribution in [2.24, 2.45) is 0 Å². The molecule has 0 aliphatic carbocycles. The number of methoxy groups -OCH3 is 2. The van der Waals surface area contributed by atoms with Crippen LogP contribution in [0.5, 0.6) is 17.2 Å². The summed E-state index contributed by atoms with van der Waals surface area (Å²) >= 11 is 0. The molecule has 1 aliphatic rings. The molecule has 0 spiro atoms. The molecule has 3 rings (SSSR count). The van der Waals surface area contributed by atoms with Crippen molar-refractivity contribution in [1.82, 2.24) is 10.3 Å². The number of carbonyl (C=O) groups excluding carboxylic acids is 2. The van der Waals surface area contributed by atoms with E-state index in [4.69, 9.17) is 14.2 Å². The van der Waals surface area contributed by atoms with Crippen LogP contribution in [0.3, 0.4) is 0 Å². The van der Waals surface area contributed by atoms with Crippen LogP contribution in [0.2, 0.25) is 0 Å². The Morgan fingerprint density at radius 2 is 2.07 bits per heavy atom. The van der Waals surface area contributed by atoms with Gasteiger partial charge in [0.2, 0.25) is 0 Å². The van der Waals surface area contributed by atoms with Gasteiger partial charge in [-0.05, 0) is 38.1 Å². The molecule has 0 fully saturated rings. The van der Waals surface area contributed by atoms with Crippen molar-refractivity contribution in [3.63, 3.8) is 0 Å². The van der Waals surface area contributed by atoms with E-state index in [2.05, 4.69) is 10.3 Å². The second-order valence-corrected chi connectivity index (χ2v) is 6.37. The Bertz CT molecular complexity index is 901. The zero-order valence-electron chi connectivity index (χ0n) is 16.3. The minimum Gasteiger partial charge on any atom is -0.497 e. The molecule has 0 saturated carbocycles. The van der Waals surface area contributed by atoms with Crippen LogP contribution >= 0.6 is 0 Å². The lowest BCUT2D eigenvalue weighted by molar-refractivity contribution is -0.148. The number of fused-ring (bicyclic) bond motifs is 1. The normalized spacial score (nSPS) is 18.1. The molecule has 2 heterocycles. The molecule has 2 amide bonds. The minimum atomic E-state index is -1.69. The van der Waals surface area contributed by atoms with E-state index in [1.165, 1.54) is 18.9 Å². The van der Waals surface area contributed by atoms with E-state index >= 15 is 0 Å². The monoisotopic (exact) mass is 385 g/mol. The number of rotatable bonds is 6. The Balaban J connectivity index is 1.81. The van der Waals surface area contributed by atoms with E-state index in [9.17, 15) is 9.59 Å². The SMILES string of the molecule is CCN1C(=O)C(C)(C(=O)NCc2ccc(OC)cc2OC)Oc2cccnc21. The Labute approximate surface area is 163 Å². The molecule has 1 aromatic heterocycles. The van der Waals surface area contributed by atoms with Gasteiger partial charge in [0.1, 0.15) is 11.5 Å². The van der Waals surface area contributed by atoms with Gasteiger partial charge in [0.25, 0.3) is 17.4 Å². The molecule has 148 valence electrons. The molecule has 8 nitrogen and oxygen atoms in total. The number of carbonyl (C=O) groups is 2. The van der Waals surface area contributed by atoms with Crippen molar-refractivity contribution in [3.05, 3.63) is 42.1 Å².